The van der Waals surface area contributed by atoms with Gasteiger partial charge in [-0.3, -0.25) is 4.21 Å². The van der Waals surface area contributed by atoms with Gasteiger partial charge in [-0.25, -0.2) is 9.79 Å². The summed E-state index contributed by atoms with van der Waals surface area (Å²) in [6.07, 6.45) is 2.98. The third kappa shape index (κ3) is 4.06. The van der Waals surface area contributed by atoms with Gasteiger partial charge in [-0.1, -0.05) is 0 Å². The van der Waals surface area contributed by atoms with Crippen molar-refractivity contribution in [3.05, 3.63) is 0 Å². The van der Waals surface area contributed by atoms with Gasteiger partial charge < -0.3 is 0 Å². The van der Waals surface area contributed by atoms with Crippen molar-refractivity contribution in [3.8, 4) is 0 Å². The van der Waals surface area contributed by atoms with Gasteiger partial charge >= 0.3 is 0 Å². The summed E-state index contributed by atoms with van der Waals surface area (Å²) in [6, 6.07) is 0. The molecule has 0 saturated heterocycles. The molecule has 0 saturated carbocycles. The maximum absolute atomic E-state index is 10.6. The number of rotatable bonds is 3. The number of aliphatic imine (C=N–C) groups is 1. The van der Waals surface area contributed by atoms with E-state index in [1.54, 1.807) is 13.2 Å². The van der Waals surface area contributed by atoms with E-state index in [9.17, 15) is 9.00 Å². The first-order valence-corrected chi connectivity index (χ1v) is 4.16. The minimum atomic E-state index is -0.884. The van der Waals surface area contributed by atoms with Crippen LogP contribution in [-0.4, -0.2) is 28.3 Å². The van der Waals surface area contributed by atoms with Gasteiger partial charge in [0.25, 0.3) is 0 Å². The van der Waals surface area contributed by atoms with E-state index >= 15 is 0 Å². The zero-order valence-corrected chi connectivity index (χ0v) is 6.27. The highest BCUT2D eigenvalue weighted by atomic mass is 32.2. The number of hydrogen-bond donors (Lipinski definition) is 0. The monoisotopic (exact) mass is 147 g/mol. The highest BCUT2D eigenvalue weighted by molar-refractivity contribution is 7.84. The van der Waals surface area contributed by atoms with Crippen LogP contribution in [0.1, 0.15) is 6.92 Å². The molecule has 0 bridgehead atoms. The van der Waals surface area contributed by atoms with Crippen molar-refractivity contribution < 1.29 is 9.00 Å². The molecule has 0 aliphatic heterocycles. The summed E-state index contributed by atoms with van der Waals surface area (Å²) in [5.41, 5.74) is 0. The summed E-state index contributed by atoms with van der Waals surface area (Å²) in [5.74, 6) is 0. The molecule has 3 nitrogen and oxygen atoms in total. The van der Waals surface area contributed by atoms with Crippen molar-refractivity contribution in [3.63, 3.8) is 0 Å². The fourth-order valence-corrected chi connectivity index (χ4v) is 0.555. The summed E-state index contributed by atoms with van der Waals surface area (Å²) in [5, 5.41) is -0.0357. The van der Waals surface area contributed by atoms with Crippen LogP contribution in [0.5, 0.6) is 0 Å². The quantitative estimate of drug-likeness (QED) is 0.419. The Hall–Kier alpha value is -0.470. The average molecular weight is 147 g/mol. The predicted molar refractivity (Wildman–Crippen MR) is 36.5 cm³/mol. The van der Waals surface area contributed by atoms with Crippen LogP contribution in [0.15, 0.2) is 4.99 Å². The lowest BCUT2D eigenvalue weighted by Crippen LogP contribution is -2.12. The maximum Gasteiger partial charge on any atom is 0.234 e. The molecule has 0 spiro atoms. The van der Waals surface area contributed by atoms with Crippen molar-refractivity contribution >= 4 is 16.9 Å². The molecule has 0 aliphatic carbocycles. The van der Waals surface area contributed by atoms with E-state index in [0.29, 0.717) is 6.54 Å². The second-order valence-electron chi connectivity index (χ2n) is 1.74. The molecule has 0 rings (SSSR count). The van der Waals surface area contributed by atoms with Gasteiger partial charge in [0, 0.05) is 17.1 Å². The van der Waals surface area contributed by atoms with Gasteiger partial charge in [0.05, 0.1) is 11.8 Å². The number of nitrogens with zero attached hydrogens (tertiary/aromatic N) is 1. The highest BCUT2D eigenvalue weighted by Crippen LogP contribution is 1.90. The molecule has 0 fully saturated rings. The topological polar surface area (TPSA) is 46.5 Å². The van der Waals surface area contributed by atoms with E-state index in [2.05, 4.69) is 4.99 Å². The average Bonchev–Trinajstić information content (AvgIpc) is 1.82. The minimum Gasteiger partial charge on any atom is -0.260 e. The van der Waals surface area contributed by atoms with Crippen molar-refractivity contribution in [1.82, 2.24) is 0 Å². The van der Waals surface area contributed by atoms with Gasteiger partial charge in [-0.2, -0.15) is 0 Å². The summed E-state index contributed by atoms with van der Waals surface area (Å²) in [4.78, 5) is 12.8. The lowest BCUT2D eigenvalue weighted by molar-refractivity contribution is 0.562. The van der Waals surface area contributed by atoms with E-state index < -0.39 is 10.8 Å². The van der Waals surface area contributed by atoms with Crippen molar-refractivity contribution in [2.75, 3.05) is 12.8 Å². The second kappa shape index (κ2) is 4.41. The molecule has 52 valence electrons. The van der Waals surface area contributed by atoms with Gasteiger partial charge in [0.1, 0.15) is 0 Å². The molecule has 0 amide bonds. The molecule has 9 heavy (non-hydrogen) atoms. The Morgan fingerprint density at radius 1 is 1.78 bits per heavy atom. The lowest BCUT2D eigenvalue weighted by Gasteiger charge is -1.99. The number of isocyanates is 1. The smallest absolute Gasteiger partial charge is 0.234 e. The molecule has 0 N–H and O–H groups in total. The summed E-state index contributed by atoms with van der Waals surface area (Å²) in [7, 11) is -0.884. The van der Waals surface area contributed by atoms with Crippen LogP contribution in [0.4, 0.5) is 0 Å². The Morgan fingerprint density at radius 3 is 2.67 bits per heavy atom. The van der Waals surface area contributed by atoms with Gasteiger partial charge in [-0.05, 0) is 6.92 Å². The van der Waals surface area contributed by atoms with Crippen LogP contribution in [0.25, 0.3) is 0 Å². The van der Waals surface area contributed by atoms with Gasteiger partial charge in [0.2, 0.25) is 6.08 Å². The van der Waals surface area contributed by atoms with Crippen LogP contribution in [0.2, 0.25) is 0 Å². The Morgan fingerprint density at radius 2 is 2.33 bits per heavy atom. The second-order valence-corrected chi connectivity index (χ2v) is 3.54. The first kappa shape index (κ1) is 8.53. The van der Waals surface area contributed by atoms with E-state index in [1.165, 1.54) is 6.08 Å². The van der Waals surface area contributed by atoms with Crippen molar-refractivity contribution in [2.24, 2.45) is 4.99 Å². The number of carbonyl (C=O) groups excluding carboxylic acids is 1. The molecule has 0 heterocycles. The molecule has 0 aliphatic rings. The van der Waals surface area contributed by atoms with E-state index in [0.717, 1.165) is 0 Å². The normalized spacial score (nSPS) is 15.8. The van der Waals surface area contributed by atoms with Crippen molar-refractivity contribution in [1.29, 1.82) is 0 Å². The van der Waals surface area contributed by atoms with Crippen LogP contribution in [0, 0.1) is 0 Å². The van der Waals surface area contributed by atoms with Crippen LogP contribution in [-0.2, 0) is 15.6 Å². The zero-order chi connectivity index (χ0) is 7.28. The maximum atomic E-state index is 10.6. The Bertz CT molecular complexity index is 151. The van der Waals surface area contributed by atoms with Gasteiger partial charge in [0.15, 0.2) is 0 Å². The van der Waals surface area contributed by atoms with Crippen LogP contribution >= 0.6 is 0 Å². The molecule has 2 unspecified atom stereocenters. The molecule has 0 aromatic carbocycles. The van der Waals surface area contributed by atoms with E-state index in [1.807, 2.05) is 0 Å². The summed E-state index contributed by atoms with van der Waals surface area (Å²) >= 11 is 0. The SMILES string of the molecule is CC(CN=C=O)S(C)=O. The number of hydrogen-bond acceptors (Lipinski definition) is 3. The Kier molecular flexibility index (Phi) is 4.18. The molecule has 2 atom stereocenters. The highest BCUT2D eigenvalue weighted by Gasteiger charge is 2.02. The third-order valence-corrected chi connectivity index (χ3v) is 2.26. The summed E-state index contributed by atoms with van der Waals surface area (Å²) < 4.78 is 10.6. The summed E-state index contributed by atoms with van der Waals surface area (Å²) in [6.45, 7) is 2.09. The molecule has 4 heteroatoms. The molecular weight excluding hydrogens is 138 g/mol. The predicted octanol–water partition coefficient (Wildman–Crippen LogP) is 0.0892. The standard InChI is InChI=1S/C5H9NO2S/c1-5(9(2)8)3-6-4-7/h5H,3H2,1-2H3. The Balaban J connectivity index is 3.63. The van der Waals surface area contributed by atoms with Crippen LogP contribution < -0.4 is 0 Å². The fourth-order valence-electron chi connectivity index (χ4n) is 0.271. The van der Waals surface area contributed by atoms with Gasteiger partial charge in [-0.15, -0.1) is 0 Å². The van der Waals surface area contributed by atoms with E-state index in [-0.39, 0.29) is 5.25 Å². The molecular formula is C5H9NO2S. The lowest BCUT2D eigenvalue weighted by atomic mass is 10.5. The molecule has 0 aromatic heterocycles. The van der Waals surface area contributed by atoms with E-state index in [4.69, 9.17) is 0 Å². The molecule has 0 aromatic rings. The first-order valence-electron chi connectivity index (χ1n) is 2.54. The first-order chi connectivity index (χ1) is 4.18. The minimum absolute atomic E-state index is 0.0357. The fraction of sp³-hybridized carbons (Fsp3) is 0.800. The third-order valence-electron chi connectivity index (χ3n) is 0.980. The zero-order valence-electron chi connectivity index (χ0n) is 5.46. The largest absolute Gasteiger partial charge is 0.260 e. The Labute approximate surface area is 56.6 Å². The van der Waals surface area contributed by atoms with Crippen molar-refractivity contribution in [2.45, 2.75) is 12.2 Å². The van der Waals surface area contributed by atoms with Crippen LogP contribution in [0.3, 0.4) is 0 Å². The molecule has 0 radical (unpaired) electrons.